The molecular weight excluding hydrogens is 479 g/mol. The number of phenols is 1. The number of allylic oxidation sites excluding steroid dienone is 1. The molecule has 152 valence electrons. The zero-order chi connectivity index (χ0) is 20.8. The number of hydrogen-bond donors (Lipinski definition) is 2. The number of benzene rings is 2. The van der Waals surface area contributed by atoms with E-state index in [-0.39, 0.29) is 18.5 Å². The van der Waals surface area contributed by atoms with Gasteiger partial charge in [0.15, 0.2) is 11.5 Å². The fourth-order valence-electron chi connectivity index (χ4n) is 3.45. The fraction of sp³-hybridized carbons (Fsp3) is 0.250. The van der Waals surface area contributed by atoms with E-state index in [0.717, 1.165) is 38.7 Å². The molecule has 4 nitrogen and oxygen atoms in total. The lowest BCUT2D eigenvalue weighted by atomic mass is 9.93. The van der Waals surface area contributed by atoms with Crippen molar-refractivity contribution in [3.05, 3.63) is 81.0 Å². The highest BCUT2D eigenvalue weighted by atomic mass is 127. The molecule has 0 saturated heterocycles. The highest BCUT2D eigenvalue weighted by Gasteiger charge is 2.22. The number of phenolic OH excluding ortho intramolecular Hbond substituents is 1. The second-order valence-corrected chi connectivity index (χ2v) is 8.03. The summed E-state index contributed by atoms with van der Waals surface area (Å²) in [7, 11) is 1.55. The Balaban J connectivity index is 1.89. The van der Waals surface area contributed by atoms with Crippen molar-refractivity contribution in [2.24, 2.45) is 0 Å². The van der Waals surface area contributed by atoms with Gasteiger partial charge in [0.2, 0.25) is 0 Å². The second kappa shape index (κ2) is 10.1. The first-order chi connectivity index (χ1) is 14.0. The largest absolute Gasteiger partial charge is 0.504 e. The number of aliphatic hydroxyl groups is 1. The number of aromatic hydroxyl groups is 1. The van der Waals surface area contributed by atoms with Crippen LogP contribution in [-0.2, 0) is 4.74 Å². The number of methoxy groups -OCH3 is 1. The van der Waals surface area contributed by atoms with Gasteiger partial charge in [-0.05, 0) is 75.4 Å². The Labute approximate surface area is 185 Å². The van der Waals surface area contributed by atoms with Crippen molar-refractivity contribution in [1.29, 1.82) is 0 Å². The summed E-state index contributed by atoms with van der Waals surface area (Å²) in [6.45, 7) is 4.44. The third kappa shape index (κ3) is 5.29. The molecule has 0 saturated carbocycles. The van der Waals surface area contributed by atoms with Gasteiger partial charge in [-0.2, -0.15) is 0 Å². The number of hydrogen-bond acceptors (Lipinski definition) is 4. The summed E-state index contributed by atoms with van der Waals surface area (Å²) in [5, 5.41) is 19.5. The standard InChI is InChI=1S/C24H25IO4/c1-16(15-26)20-10-11-29-22(20)9-8-19(18-6-4-3-5-7-18)12-17-13-21(25)24(27)23(14-17)28-2/h3-7,10,12-14,22,26-27H,1,8-9,11,15H2,2H3/b19-12-. The van der Waals surface area contributed by atoms with E-state index in [1.54, 1.807) is 7.11 Å². The van der Waals surface area contributed by atoms with Gasteiger partial charge in [0.25, 0.3) is 0 Å². The quantitative estimate of drug-likeness (QED) is 0.384. The first-order valence-corrected chi connectivity index (χ1v) is 10.5. The summed E-state index contributed by atoms with van der Waals surface area (Å²) in [4.78, 5) is 0. The maximum Gasteiger partial charge on any atom is 0.171 e. The van der Waals surface area contributed by atoms with Gasteiger partial charge in [-0.1, -0.05) is 49.1 Å². The van der Waals surface area contributed by atoms with E-state index in [4.69, 9.17) is 9.47 Å². The van der Waals surface area contributed by atoms with Gasteiger partial charge in [0.05, 0.1) is 30.0 Å². The zero-order valence-electron chi connectivity index (χ0n) is 16.4. The molecule has 0 bridgehead atoms. The van der Waals surface area contributed by atoms with Gasteiger partial charge in [0.1, 0.15) is 0 Å². The first kappa shape index (κ1) is 21.6. The average Bonchev–Trinajstić information content (AvgIpc) is 3.22. The first-order valence-electron chi connectivity index (χ1n) is 9.46. The van der Waals surface area contributed by atoms with Crippen LogP contribution in [0, 0.1) is 3.57 Å². The minimum Gasteiger partial charge on any atom is -0.504 e. The van der Waals surface area contributed by atoms with Crippen LogP contribution in [0.1, 0.15) is 24.0 Å². The Bertz CT molecular complexity index is 931. The fourth-order valence-corrected chi connectivity index (χ4v) is 4.08. The molecule has 0 fully saturated rings. The lowest BCUT2D eigenvalue weighted by Crippen LogP contribution is -2.13. The van der Waals surface area contributed by atoms with Crippen LogP contribution in [0.25, 0.3) is 11.6 Å². The Morgan fingerprint density at radius 2 is 2.07 bits per heavy atom. The SMILES string of the molecule is C=C(CO)C1=CCOC1CC/C(=C/c1cc(I)c(O)c(OC)c1)c1ccccc1. The van der Waals surface area contributed by atoms with E-state index in [1.165, 1.54) is 5.57 Å². The number of ether oxygens (including phenoxy) is 2. The van der Waals surface area contributed by atoms with E-state index in [1.807, 2.05) is 36.4 Å². The molecule has 3 rings (SSSR count). The Hall–Kier alpha value is -2.09. The molecule has 2 aromatic carbocycles. The number of aliphatic hydroxyl groups excluding tert-OH is 1. The molecule has 1 unspecified atom stereocenters. The Kier molecular flexibility index (Phi) is 7.52. The molecule has 0 spiro atoms. The second-order valence-electron chi connectivity index (χ2n) is 6.87. The van der Waals surface area contributed by atoms with Crippen molar-refractivity contribution in [1.82, 2.24) is 0 Å². The molecule has 2 aromatic rings. The van der Waals surface area contributed by atoms with Crippen molar-refractivity contribution in [3.8, 4) is 11.5 Å². The minimum absolute atomic E-state index is 0.0567. The molecule has 1 heterocycles. The monoisotopic (exact) mass is 504 g/mol. The summed E-state index contributed by atoms with van der Waals surface area (Å²) in [5.41, 5.74) is 4.99. The molecular formula is C24H25IO4. The average molecular weight is 504 g/mol. The molecule has 1 aliphatic rings. The van der Waals surface area contributed by atoms with Crippen LogP contribution >= 0.6 is 22.6 Å². The summed E-state index contributed by atoms with van der Waals surface area (Å²) >= 11 is 2.11. The third-order valence-electron chi connectivity index (χ3n) is 4.98. The zero-order valence-corrected chi connectivity index (χ0v) is 18.6. The number of rotatable bonds is 8. The van der Waals surface area contributed by atoms with Crippen molar-refractivity contribution < 1.29 is 19.7 Å². The van der Waals surface area contributed by atoms with Crippen molar-refractivity contribution >= 4 is 34.2 Å². The predicted octanol–water partition coefficient (Wildman–Crippen LogP) is 5.20. The molecule has 5 heteroatoms. The predicted molar refractivity (Wildman–Crippen MR) is 125 cm³/mol. The van der Waals surface area contributed by atoms with Crippen LogP contribution < -0.4 is 4.74 Å². The van der Waals surface area contributed by atoms with Crippen molar-refractivity contribution in [2.75, 3.05) is 20.3 Å². The van der Waals surface area contributed by atoms with Crippen LogP contribution in [0.2, 0.25) is 0 Å². The molecule has 0 radical (unpaired) electrons. The Morgan fingerprint density at radius 3 is 2.76 bits per heavy atom. The molecule has 29 heavy (non-hydrogen) atoms. The highest BCUT2D eigenvalue weighted by molar-refractivity contribution is 14.1. The van der Waals surface area contributed by atoms with Crippen molar-refractivity contribution in [2.45, 2.75) is 18.9 Å². The van der Waals surface area contributed by atoms with E-state index in [9.17, 15) is 10.2 Å². The molecule has 0 amide bonds. The van der Waals surface area contributed by atoms with Crippen LogP contribution in [-0.4, -0.2) is 36.6 Å². The summed E-state index contributed by atoms with van der Waals surface area (Å²) in [5.74, 6) is 0.613. The van der Waals surface area contributed by atoms with Crippen LogP contribution in [0.5, 0.6) is 11.5 Å². The molecule has 1 aliphatic heterocycles. The van der Waals surface area contributed by atoms with E-state index < -0.39 is 0 Å². The topological polar surface area (TPSA) is 58.9 Å². The highest BCUT2D eigenvalue weighted by Crippen LogP contribution is 2.35. The smallest absolute Gasteiger partial charge is 0.171 e. The Morgan fingerprint density at radius 1 is 1.31 bits per heavy atom. The van der Waals surface area contributed by atoms with E-state index in [2.05, 4.69) is 47.4 Å². The van der Waals surface area contributed by atoms with E-state index in [0.29, 0.717) is 12.4 Å². The summed E-state index contributed by atoms with van der Waals surface area (Å²) in [6.07, 6.45) is 5.65. The number of halogens is 1. The molecule has 0 aromatic heterocycles. The van der Waals surface area contributed by atoms with Gasteiger partial charge in [-0.3, -0.25) is 0 Å². The molecule has 2 N–H and O–H groups in total. The van der Waals surface area contributed by atoms with Gasteiger partial charge < -0.3 is 19.7 Å². The van der Waals surface area contributed by atoms with Crippen LogP contribution in [0.4, 0.5) is 0 Å². The van der Waals surface area contributed by atoms with Gasteiger partial charge >= 0.3 is 0 Å². The maximum atomic E-state index is 10.1. The minimum atomic E-state index is -0.0590. The van der Waals surface area contributed by atoms with Gasteiger partial charge in [-0.25, -0.2) is 0 Å². The molecule has 1 atom stereocenters. The summed E-state index contributed by atoms with van der Waals surface area (Å²) in [6, 6.07) is 14.0. The van der Waals surface area contributed by atoms with Gasteiger partial charge in [-0.15, -0.1) is 0 Å². The van der Waals surface area contributed by atoms with E-state index >= 15 is 0 Å². The third-order valence-corrected chi connectivity index (χ3v) is 5.80. The molecule has 0 aliphatic carbocycles. The van der Waals surface area contributed by atoms with Crippen molar-refractivity contribution in [3.63, 3.8) is 0 Å². The van der Waals surface area contributed by atoms with Gasteiger partial charge in [0, 0.05) is 0 Å². The maximum absolute atomic E-state index is 10.1. The van der Waals surface area contributed by atoms with Crippen LogP contribution in [0.15, 0.2) is 66.3 Å². The normalized spacial score (nSPS) is 16.6. The lowest BCUT2D eigenvalue weighted by molar-refractivity contribution is 0.117. The summed E-state index contributed by atoms with van der Waals surface area (Å²) < 4.78 is 11.9. The van der Waals surface area contributed by atoms with Crippen LogP contribution in [0.3, 0.4) is 0 Å². The lowest BCUT2D eigenvalue weighted by Gasteiger charge is -2.17.